The second-order valence-corrected chi connectivity index (χ2v) is 5.32. The Kier molecular flexibility index (Phi) is 6.21. The van der Waals surface area contributed by atoms with E-state index in [9.17, 15) is 14.7 Å². The third-order valence-electron chi connectivity index (χ3n) is 3.58. The fourth-order valence-electron chi connectivity index (χ4n) is 2.38. The maximum absolute atomic E-state index is 11.7. The summed E-state index contributed by atoms with van der Waals surface area (Å²) in [5.41, 5.74) is 0.847. The lowest BCUT2D eigenvalue weighted by molar-refractivity contribution is -0.140. The first-order valence-corrected chi connectivity index (χ1v) is 7.47. The first kappa shape index (κ1) is 16.3. The molecular formula is C16H21NO5. The van der Waals surface area contributed by atoms with E-state index in [2.05, 4.69) is 5.32 Å². The van der Waals surface area contributed by atoms with E-state index < -0.39 is 18.1 Å². The lowest BCUT2D eigenvalue weighted by Gasteiger charge is -2.25. The Balaban J connectivity index is 1.79. The topological polar surface area (TPSA) is 84.9 Å². The van der Waals surface area contributed by atoms with Gasteiger partial charge in [-0.2, -0.15) is 0 Å². The Morgan fingerprint density at radius 2 is 2.09 bits per heavy atom. The Morgan fingerprint density at radius 3 is 2.73 bits per heavy atom. The summed E-state index contributed by atoms with van der Waals surface area (Å²) in [6.45, 7) is 0.758. The van der Waals surface area contributed by atoms with E-state index in [-0.39, 0.29) is 19.1 Å². The molecule has 2 rings (SSSR count). The van der Waals surface area contributed by atoms with Crippen LogP contribution in [0.2, 0.25) is 0 Å². The molecule has 1 fully saturated rings. The van der Waals surface area contributed by atoms with Crippen LogP contribution >= 0.6 is 0 Å². The smallest absolute Gasteiger partial charge is 0.408 e. The van der Waals surface area contributed by atoms with Crippen molar-refractivity contribution in [1.82, 2.24) is 5.32 Å². The molecule has 1 aliphatic rings. The second kappa shape index (κ2) is 8.38. The number of carboxylic acid groups (broad SMARTS) is 1. The van der Waals surface area contributed by atoms with Crippen molar-refractivity contribution in [2.45, 2.75) is 44.4 Å². The fraction of sp³-hybridized carbons (Fsp3) is 0.500. The Hall–Kier alpha value is -2.08. The van der Waals surface area contributed by atoms with Gasteiger partial charge in [0.1, 0.15) is 12.6 Å². The molecular weight excluding hydrogens is 286 g/mol. The summed E-state index contributed by atoms with van der Waals surface area (Å²) in [5, 5.41) is 11.6. The van der Waals surface area contributed by atoms with Crippen LogP contribution in [0.25, 0.3) is 0 Å². The summed E-state index contributed by atoms with van der Waals surface area (Å²) >= 11 is 0. The van der Waals surface area contributed by atoms with E-state index in [1.807, 2.05) is 30.3 Å². The van der Waals surface area contributed by atoms with Gasteiger partial charge in [-0.3, -0.25) is 0 Å². The van der Waals surface area contributed by atoms with Crippen LogP contribution in [0.5, 0.6) is 0 Å². The fourth-order valence-corrected chi connectivity index (χ4v) is 2.38. The number of carbonyl (C=O) groups is 2. The first-order chi connectivity index (χ1) is 10.6. The van der Waals surface area contributed by atoms with E-state index in [1.54, 1.807) is 0 Å². The molecule has 1 aromatic carbocycles. The van der Waals surface area contributed by atoms with Crippen LogP contribution in [0.3, 0.4) is 0 Å². The molecule has 0 bridgehead atoms. The molecule has 0 aliphatic carbocycles. The van der Waals surface area contributed by atoms with Crippen LogP contribution in [0.15, 0.2) is 30.3 Å². The molecule has 120 valence electrons. The molecule has 0 saturated carbocycles. The molecule has 0 radical (unpaired) electrons. The number of ether oxygens (including phenoxy) is 2. The minimum absolute atomic E-state index is 0.110. The second-order valence-electron chi connectivity index (χ2n) is 5.32. The number of nitrogens with one attached hydrogen (secondary N) is 1. The first-order valence-electron chi connectivity index (χ1n) is 7.47. The van der Waals surface area contributed by atoms with Gasteiger partial charge in [-0.1, -0.05) is 30.3 Å². The SMILES string of the molecule is O=C(N[C@H](CC1CCCCO1)C(=O)O)OCc1ccccc1. The number of hydrogen-bond acceptors (Lipinski definition) is 4. The minimum atomic E-state index is -1.08. The molecule has 1 heterocycles. The van der Waals surface area contributed by atoms with E-state index >= 15 is 0 Å². The van der Waals surface area contributed by atoms with Crippen molar-refractivity contribution < 1.29 is 24.2 Å². The van der Waals surface area contributed by atoms with Gasteiger partial charge in [-0.15, -0.1) is 0 Å². The lowest BCUT2D eigenvalue weighted by atomic mass is 10.0. The highest BCUT2D eigenvalue weighted by molar-refractivity contribution is 5.79. The van der Waals surface area contributed by atoms with Crippen LogP contribution in [0.1, 0.15) is 31.2 Å². The molecule has 0 aromatic heterocycles. The molecule has 2 N–H and O–H groups in total. The Bertz CT molecular complexity index is 485. The van der Waals surface area contributed by atoms with E-state index in [0.29, 0.717) is 6.61 Å². The van der Waals surface area contributed by atoms with Crippen LogP contribution in [-0.4, -0.2) is 35.9 Å². The zero-order valence-electron chi connectivity index (χ0n) is 12.4. The Morgan fingerprint density at radius 1 is 1.32 bits per heavy atom. The molecule has 22 heavy (non-hydrogen) atoms. The van der Waals surface area contributed by atoms with Gasteiger partial charge >= 0.3 is 12.1 Å². The Labute approximate surface area is 129 Å². The zero-order chi connectivity index (χ0) is 15.8. The molecule has 0 spiro atoms. The number of rotatable bonds is 6. The molecule has 2 atom stereocenters. The lowest BCUT2D eigenvalue weighted by Crippen LogP contribution is -2.44. The predicted molar refractivity (Wildman–Crippen MR) is 79.4 cm³/mol. The number of benzene rings is 1. The molecule has 1 saturated heterocycles. The average Bonchev–Trinajstić information content (AvgIpc) is 2.54. The van der Waals surface area contributed by atoms with Gasteiger partial charge in [0.05, 0.1) is 6.10 Å². The number of hydrogen-bond donors (Lipinski definition) is 2. The molecule has 1 aliphatic heterocycles. The number of carbonyl (C=O) groups excluding carboxylic acids is 1. The van der Waals surface area contributed by atoms with Crippen molar-refractivity contribution in [3.8, 4) is 0 Å². The monoisotopic (exact) mass is 307 g/mol. The van der Waals surface area contributed by atoms with Crippen LogP contribution in [0.4, 0.5) is 4.79 Å². The third kappa shape index (κ3) is 5.37. The minimum Gasteiger partial charge on any atom is -0.480 e. The van der Waals surface area contributed by atoms with Crippen molar-refractivity contribution in [3.05, 3.63) is 35.9 Å². The highest BCUT2D eigenvalue weighted by atomic mass is 16.5. The van der Waals surface area contributed by atoms with Crippen molar-refractivity contribution in [2.24, 2.45) is 0 Å². The summed E-state index contributed by atoms with van der Waals surface area (Å²) in [4.78, 5) is 23.0. The van der Waals surface area contributed by atoms with Gasteiger partial charge in [0.15, 0.2) is 0 Å². The van der Waals surface area contributed by atoms with Crippen LogP contribution < -0.4 is 5.32 Å². The van der Waals surface area contributed by atoms with Gasteiger partial charge in [0, 0.05) is 13.0 Å². The number of amides is 1. The third-order valence-corrected chi connectivity index (χ3v) is 3.58. The number of carboxylic acids is 1. The normalized spacial score (nSPS) is 19.2. The quantitative estimate of drug-likeness (QED) is 0.842. The predicted octanol–water partition coefficient (Wildman–Crippen LogP) is 2.33. The summed E-state index contributed by atoms with van der Waals surface area (Å²) < 4.78 is 10.6. The molecule has 6 heteroatoms. The maximum Gasteiger partial charge on any atom is 0.408 e. The van der Waals surface area contributed by atoms with Gasteiger partial charge in [0.2, 0.25) is 0 Å². The molecule has 1 amide bonds. The van der Waals surface area contributed by atoms with Crippen LogP contribution in [0, 0.1) is 0 Å². The standard InChI is InChI=1S/C16H21NO5/c18-15(19)14(10-13-8-4-5-9-21-13)17-16(20)22-11-12-6-2-1-3-7-12/h1-3,6-7,13-14H,4-5,8-11H2,(H,17,20)(H,18,19)/t13?,14-/m1/s1. The summed E-state index contributed by atoms with van der Waals surface area (Å²) in [5.74, 6) is -1.08. The maximum atomic E-state index is 11.7. The summed E-state index contributed by atoms with van der Waals surface area (Å²) in [7, 11) is 0. The van der Waals surface area contributed by atoms with E-state index in [4.69, 9.17) is 9.47 Å². The summed E-state index contributed by atoms with van der Waals surface area (Å²) in [6.07, 6.45) is 2.26. The molecule has 1 aromatic rings. The average molecular weight is 307 g/mol. The van der Waals surface area contributed by atoms with E-state index in [1.165, 1.54) is 0 Å². The zero-order valence-corrected chi connectivity index (χ0v) is 12.4. The van der Waals surface area contributed by atoms with Gasteiger partial charge < -0.3 is 19.9 Å². The van der Waals surface area contributed by atoms with E-state index in [0.717, 1.165) is 24.8 Å². The highest BCUT2D eigenvalue weighted by Crippen LogP contribution is 2.17. The molecule has 6 nitrogen and oxygen atoms in total. The van der Waals surface area contributed by atoms with Crippen molar-refractivity contribution in [2.75, 3.05) is 6.61 Å². The highest BCUT2D eigenvalue weighted by Gasteiger charge is 2.26. The molecule has 1 unspecified atom stereocenters. The van der Waals surface area contributed by atoms with Gasteiger partial charge in [0.25, 0.3) is 0 Å². The van der Waals surface area contributed by atoms with Crippen LogP contribution in [-0.2, 0) is 20.9 Å². The van der Waals surface area contributed by atoms with Gasteiger partial charge in [-0.25, -0.2) is 9.59 Å². The van der Waals surface area contributed by atoms with Crippen molar-refractivity contribution in [1.29, 1.82) is 0 Å². The van der Waals surface area contributed by atoms with Gasteiger partial charge in [-0.05, 0) is 24.8 Å². The van der Waals surface area contributed by atoms with Crippen molar-refractivity contribution >= 4 is 12.1 Å². The largest absolute Gasteiger partial charge is 0.480 e. The summed E-state index contributed by atoms with van der Waals surface area (Å²) in [6, 6.07) is 8.23. The number of aliphatic carboxylic acids is 1. The number of alkyl carbamates (subject to hydrolysis) is 1. The van der Waals surface area contributed by atoms with Crippen molar-refractivity contribution in [3.63, 3.8) is 0 Å².